The molecule has 0 aliphatic carbocycles. The maximum atomic E-state index is 11.5. The molecular weight excluding hydrogens is 317 g/mol. The van der Waals surface area contributed by atoms with Crippen LogP contribution in [0.4, 0.5) is 0 Å². The molecule has 0 aromatic heterocycles. The van der Waals surface area contributed by atoms with Crippen molar-refractivity contribution in [2.45, 2.75) is 19.6 Å². The Morgan fingerprint density at radius 3 is 2.94 bits per heavy atom. The fourth-order valence-electron chi connectivity index (χ4n) is 1.79. The standard InChI is InChI=1S/C12H12INO2/c1-6(2)11(15)7-3-8-5-14-12(16)10(8)9(13)4-7/h3-4,11,15H,1,5H2,2H3,(H,14,16)/t11-/m1/s1. The van der Waals surface area contributed by atoms with Crippen molar-refractivity contribution in [3.05, 3.63) is 44.5 Å². The summed E-state index contributed by atoms with van der Waals surface area (Å²) in [5.41, 5.74) is 3.19. The van der Waals surface area contributed by atoms with E-state index in [0.29, 0.717) is 12.1 Å². The summed E-state index contributed by atoms with van der Waals surface area (Å²) in [5, 5.41) is 12.7. The van der Waals surface area contributed by atoms with Gasteiger partial charge in [-0.1, -0.05) is 12.6 Å². The molecule has 0 radical (unpaired) electrons. The van der Waals surface area contributed by atoms with Gasteiger partial charge < -0.3 is 10.4 Å². The number of nitrogens with one attached hydrogen (secondary N) is 1. The van der Waals surface area contributed by atoms with Crippen LogP contribution in [0.15, 0.2) is 24.3 Å². The Morgan fingerprint density at radius 1 is 1.62 bits per heavy atom. The van der Waals surface area contributed by atoms with Gasteiger partial charge in [0, 0.05) is 10.1 Å². The van der Waals surface area contributed by atoms with Gasteiger partial charge in [0.2, 0.25) is 0 Å². The minimum absolute atomic E-state index is 0.0317. The number of fused-ring (bicyclic) bond motifs is 1. The normalized spacial score (nSPS) is 15.6. The Morgan fingerprint density at radius 2 is 2.31 bits per heavy atom. The van der Waals surface area contributed by atoms with E-state index in [9.17, 15) is 9.90 Å². The van der Waals surface area contributed by atoms with Crippen LogP contribution in [0.2, 0.25) is 0 Å². The summed E-state index contributed by atoms with van der Waals surface area (Å²) < 4.78 is 0.875. The lowest BCUT2D eigenvalue weighted by Gasteiger charge is -2.12. The van der Waals surface area contributed by atoms with E-state index in [2.05, 4.69) is 34.5 Å². The number of amides is 1. The van der Waals surface area contributed by atoms with Crippen LogP contribution in [0, 0.1) is 3.57 Å². The van der Waals surface area contributed by atoms with Crippen LogP contribution in [-0.4, -0.2) is 11.0 Å². The molecule has 16 heavy (non-hydrogen) atoms. The maximum absolute atomic E-state index is 11.5. The molecule has 0 bridgehead atoms. The first-order valence-corrected chi connectivity index (χ1v) is 6.02. The number of hydrogen-bond acceptors (Lipinski definition) is 2. The Kier molecular flexibility index (Phi) is 3.03. The predicted molar refractivity (Wildman–Crippen MR) is 70.1 cm³/mol. The highest BCUT2D eigenvalue weighted by Crippen LogP contribution is 2.28. The summed E-state index contributed by atoms with van der Waals surface area (Å²) in [6.45, 7) is 6.06. The van der Waals surface area contributed by atoms with Gasteiger partial charge in [-0.2, -0.15) is 0 Å². The van der Waals surface area contributed by atoms with E-state index >= 15 is 0 Å². The number of halogens is 1. The fourth-order valence-corrected chi connectivity index (χ4v) is 2.74. The van der Waals surface area contributed by atoms with Gasteiger partial charge in [0.1, 0.15) is 0 Å². The van der Waals surface area contributed by atoms with E-state index in [-0.39, 0.29) is 5.91 Å². The van der Waals surface area contributed by atoms with Gasteiger partial charge in [-0.3, -0.25) is 4.79 Å². The largest absolute Gasteiger partial charge is 0.384 e. The van der Waals surface area contributed by atoms with Gasteiger partial charge in [-0.05, 0) is 52.3 Å². The second-order valence-electron chi connectivity index (χ2n) is 3.97. The van der Waals surface area contributed by atoms with Crippen LogP contribution in [0.25, 0.3) is 0 Å². The zero-order valence-corrected chi connectivity index (χ0v) is 11.0. The van der Waals surface area contributed by atoms with Gasteiger partial charge in [0.05, 0.1) is 11.7 Å². The van der Waals surface area contributed by atoms with Crippen molar-refractivity contribution in [3.8, 4) is 0 Å². The molecular formula is C12H12INO2. The summed E-state index contributed by atoms with van der Waals surface area (Å²) in [7, 11) is 0. The zero-order chi connectivity index (χ0) is 11.9. The molecule has 0 spiro atoms. The average molecular weight is 329 g/mol. The minimum atomic E-state index is -0.658. The van der Waals surface area contributed by atoms with Crippen molar-refractivity contribution < 1.29 is 9.90 Å². The monoisotopic (exact) mass is 329 g/mol. The quantitative estimate of drug-likeness (QED) is 0.645. The highest BCUT2D eigenvalue weighted by Gasteiger charge is 2.23. The molecule has 0 saturated carbocycles. The number of aliphatic hydroxyl groups excluding tert-OH is 1. The molecule has 1 aromatic rings. The van der Waals surface area contributed by atoms with Gasteiger partial charge in [-0.15, -0.1) is 0 Å². The minimum Gasteiger partial charge on any atom is -0.384 e. The number of benzene rings is 1. The van der Waals surface area contributed by atoms with Crippen molar-refractivity contribution in [1.82, 2.24) is 5.32 Å². The van der Waals surface area contributed by atoms with Crippen LogP contribution < -0.4 is 5.32 Å². The first-order valence-electron chi connectivity index (χ1n) is 4.94. The van der Waals surface area contributed by atoms with E-state index in [1.165, 1.54) is 0 Å². The van der Waals surface area contributed by atoms with E-state index in [4.69, 9.17) is 0 Å². The number of rotatable bonds is 2. The third-order valence-corrected chi connectivity index (χ3v) is 3.49. The SMILES string of the molecule is C=C(C)[C@@H](O)c1cc(I)c2c(c1)CNC2=O. The molecule has 1 atom stereocenters. The first-order chi connectivity index (χ1) is 7.50. The summed E-state index contributed by atoms with van der Waals surface area (Å²) >= 11 is 2.12. The molecule has 1 amide bonds. The Hall–Kier alpha value is -0.880. The van der Waals surface area contributed by atoms with Crippen molar-refractivity contribution in [2.24, 2.45) is 0 Å². The van der Waals surface area contributed by atoms with Crippen LogP contribution >= 0.6 is 22.6 Å². The summed E-state index contributed by atoms with van der Waals surface area (Å²) in [4.78, 5) is 11.5. The predicted octanol–water partition coefficient (Wildman–Crippen LogP) is 2.14. The third kappa shape index (κ3) is 1.87. The lowest BCUT2D eigenvalue weighted by atomic mass is 9.99. The van der Waals surface area contributed by atoms with E-state index < -0.39 is 6.10 Å². The Labute approximate surface area is 108 Å². The maximum Gasteiger partial charge on any atom is 0.252 e. The molecule has 1 heterocycles. The molecule has 0 unspecified atom stereocenters. The lowest BCUT2D eigenvalue weighted by Crippen LogP contribution is -2.13. The lowest BCUT2D eigenvalue weighted by molar-refractivity contribution is 0.0965. The topological polar surface area (TPSA) is 49.3 Å². The van der Waals surface area contributed by atoms with E-state index in [0.717, 1.165) is 20.3 Å². The molecule has 1 aliphatic heterocycles. The van der Waals surface area contributed by atoms with Gasteiger partial charge >= 0.3 is 0 Å². The summed E-state index contributed by atoms with van der Waals surface area (Å²) in [5.74, 6) is -0.0317. The number of aliphatic hydroxyl groups is 1. The molecule has 1 aliphatic rings. The smallest absolute Gasteiger partial charge is 0.252 e. The first kappa shape index (κ1) is 11.6. The summed E-state index contributed by atoms with van der Waals surface area (Å²) in [6.07, 6.45) is -0.658. The Balaban J connectivity index is 2.50. The van der Waals surface area contributed by atoms with Gasteiger partial charge in [0.25, 0.3) is 5.91 Å². The van der Waals surface area contributed by atoms with E-state index in [1.807, 2.05) is 12.1 Å². The van der Waals surface area contributed by atoms with Crippen molar-refractivity contribution >= 4 is 28.5 Å². The van der Waals surface area contributed by atoms with Crippen LogP contribution in [0.5, 0.6) is 0 Å². The highest BCUT2D eigenvalue weighted by atomic mass is 127. The van der Waals surface area contributed by atoms with Crippen molar-refractivity contribution in [3.63, 3.8) is 0 Å². The molecule has 2 rings (SSSR count). The molecule has 0 fully saturated rings. The average Bonchev–Trinajstić information content (AvgIpc) is 2.59. The van der Waals surface area contributed by atoms with Crippen LogP contribution in [-0.2, 0) is 6.54 Å². The van der Waals surface area contributed by atoms with Gasteiger partial charge in [-0.25, -0.2) is 0 Å². The number of carbonyl (C=O) groups excluding carboxylic acids is 1. The molecule has 84 valence electrons. The number of carbonyl (C=O) groups is 1. The molecule has 1 aromatic carbocycles. The summed E-state index contributed by atoms with van der Waals surface area (Å²) in [6, 6.07) is 3.71. The fraction of sp³-hybridized carbons (Fsp3) is 0.250. The van der Waals surface area contributed by atoms with E-state index in [1.54, 1.807) is 6.92 Å². The second-order valence-corrected chi connectivity index (χ2v) is 5.13. The molecule has 2 N–H and O–H groups in total. The third-order valence-electron chi connectivity index (χ3n) is 2.64. The second kappa shape index (κ2) is 4.18. The molecule has 4 heteroatoms. The van der Waals surface area contributed by atoms with Crippen LogP contribution in [0.1, 0.15) is 34.5 Å². The van der Waals surface area contributed by atoms with Crippen molar-refractivity contribution in [1.29, 1.82) is 0 Å². The van der Waals surface area contributed by atoms with Crippen molar-refractivity contribution in [2.75, 3.05) is 0 Å². The molecule has 0 saturated heterocycles. The zero-order valence-electron chi connectivity index (χ0n) is 8.88. The number of hydrogen-bond donors (Lipinski definition) is 2. The Bertz CT molecular complexity index is 482. The molecule has 3 nitrogen and oxygen atoms in total. The van der Waals surface area contributed by atoms with Gasteiger partial charge in [0.15, 0.2) is 0 Å². The highest BCUT2D eigenvalue weighted by molar-refractivity contribution is 14.1. The van der Waals surface area contributed by atoms with Crippen LogP contribution in [0.3, 0.4) is 0 Å².